The number of Topliss-reactive ketones (excluding diaryl/α,β-unsaturated/α-hetero) is 1. The van der Waals surface area contributed by atoms with Crippen LogP contribution in [0.1, 0.15) is 36.1 Å². The van der Waals surface area contributed by atoms with E-state index in [2.05, 4.69) is 9.88 Å². The first-order chi connectivity index (χ1) is 8.24. The second-order valence-corrected chi connectivity index (χ2v) is 5.95. The highest BCUT2D eigenvalue weighted by atomic mass is 32.1. The SMILES string of the molecule is CC(=O)Cc1cnc(CCN2CCCCC2)s1. The molecule has 1 aliphatic rings. The molecule has 0 atom stereocenters. The number of aromatic nitrogens is 1. The molecule has 0 amide bonds. The van der Waals surface area contributed by atoms with E-state index >= 15 is 0 Å². The number of carbonyl (C=O) groups is 1. The molecule has 0 N–H and O–H groups in total. The van der Waals surface area contributed by atoms with Crippen molar-refractivity contribution in [2.45, 2.75) is 39.0 Å². The Morgan fingerprint density at radius 3 is 2.88 bits per heavy atom. The second-order valence-electron chi connectivity index (χ2n) is 4.75. The zero-order valence-electron chi connectivity index (χ0n) is 10.4. The fourth-order valence-corrected chi connectivity index (χ4v) is 3.21. The third kappa shape index (κ3) is 4.21. The van der Waals surface area contributed by atoms with Crippen LogP contribution >= 0.6 is 11.3 Å². The lowest BCUT2D eigenvalue weighted by Gasteiger charge is -2.25. The maximum Gasteiger partial charge on any atom is 0.135 e. The molecule has 0 aliphatic carbocycles. The van der Waals surface area contributed by atoms with Crippen LogP contribution in [0.2, 0.25) is 0 Å². The number of likely N-dealkylation sites (tertiary alicyclic amines) is 1. The lowest BCUT2D eigenvalue weighted by atomic mass is 10.1. The Balaban J connectivity index is 1.78. The summed E-state index contributed by atoms with van der Waals surface area (Å²) < 4.78 is 0. The molecule has 2 heterocycles. The Bertz CT molecular complexity index is 369. The van der Waals surface area contributed by atoms with Crippen LogP contribution in [0, 0.1) is 0 Å². The largest absolute Gasteiger partial charge is 0.303 e. The van der Waals surface area contributed by atoms with Crippen molar-refractivity contribution < 1.29 is 4.79 Å². The van der Waals surface area contributed by atoms with Crippen molar-refractivity contribution in [3.8, 4) is 0 Å². The molecule has 0 unspecified atom stereocenters. The Hall–Kier alpha value is -0.740. The average molecular weight is 252 g/mol. The molecular formula is C13H20N2OS. The van der Waals surface area contributed by atoms with Crippen LogP contribution < -0.4 is 0 Å². The van der Waals surface area contributed by atoms with E-state index in [0.29, 0.717) is 6.42 Å². The van der Waals surface area contributed by atoms with Gasteiger partial charge in [0.25, 0.3) is 0 Å². The number of carbonyl (C=O) groups excluding carboxylic acids is 1. The fourth-order valence-electron chi connectivity index (χ4n) is 2.23. The van der Waals surface area contributed by atoms with Crippen LogP contribution in [0.4, 0.5) is 0 Å². The van der Waals surface area contributed by atoms with Crippen LogP contribution in [0.3, 0.4) is 0 Å². The lowest BCUT2D eigenvalue weighted by Crippen LogP contribution is -2.31. The maximum atomic E-state index is 11.0. The van der Waals surface area contributed by atoms with Gasteiger partial charge in [-0.1, -0.05) is 6.42 Å². The molecule has 4 heteroatoms. The normalized spacial score (nSPS) is 17.2. The molecule has 0 spiro atoms. The highest BCUT2D eigenvalue weighted by molar-refractivity contribution is 7.11. The second kappa shape index (κ2) is 6.26. The van der Waals surface area contributed by atoms with E-state index in [1.54, 1.807) is 18.3 Å². The zero-order valence-corrected chi connectivity index (χ0v) is 11.3. The highest BCUT2D eigenvalue weighted by Gasteiger charge is 2.11. The molecule has 1 aromatic rings. The summed E-state index contributed by atoms with van der Waals surface area (Å²) in [4.78, 5) is 19.0. The number of hydrogen-bond acceptors (Lipinski definition) is 4. The van der Waals surface area contributed by atoms with Gasteiger partial charge in [-0.05, 0) is 32.9 Å². The molecule has 0 saturated carbocycles. The first kappa shape index (κ1) is 12.7. The zero-order chi connectivity index (χ0) is 12.1. The summed E-state index contributed by atoms with van der Waals surface area (Å²) in [5.41, 5.74) is 0. The quantitative estimate of drug-likeness (QED) is 0.806. The standard InChI is InChI=1S/C13H20N2OS/c1-11(16)9-12-10-14-13(17-12)5-8-15-6-3-2-4-7-15/h10H,2-9H2,1H3. The third-order valence-electron chi connectivity index (χ3n) is 3.12. The number of hydrogen-bond donors (Lipinski definition) is 0. The molecule has 0 bridgehead atoms. The van der Waals surface area contributed by atoms with E-state index in [0.717, 1.165) is 17.8 Å². The summed E-state index contributed by atoms with van der Waals surface area (Å²) in [6.45, 7) is 5.23. The van der Waals surface area contributed by atoms with Crippen molar-refractivity contribution in [3.63, 3.8) is 0 Å². The van der Waals surface area contributed by atoms with Crippen molar-refractivity contribution in [3.05, 3.63) is 16.1 Å². The van der Waals surface area contributed by atoms with Gasteiger partial charge in [0.2, 0.25) is 0 Å². The van der Waals surface area contributed by atoms with Crippen LogP contribution in [0.25, 0.3) is 0 Å². The van der Waals surface area contributed by atoms with Crippen molar-refractivity contribution in [2.75, 3.05) is 19.6 Å². The van der Waals surface area contributed by atoms with Gasteiger partial charge in [0.15, 0.2) is 0 Å². The topological polar surface area (TPSA) is 33.2 Å². The molecular weight excluding hydrogens is 232 g/mol. The van der Waals surface area contributed by atoms with Gasteiger partial charge in [-0.15, -0.1) is 11.3 Å². The molecule has 2 rings (SSSR count). The van der Waals surface area contributed by atoms with E-state index in [4.69, 9.17) is 0 Å². The molecule has 0 aromatic carbocycles. The summed E-state index contributed by atoms with van der Waals surface area (Å²) in [7, 11) is 0. The molecule has 3 nitrogen and oxygen atoms in total. The summed E-state index contributed by atoms with van der Waals surface area (Å²) in [5, 5.41) is 1.17. The number of thiazole rings is 1. The van der Waals surface area contributed by atoms with Crippen molar-refractivity contribution in [1.82, 2.24) is 9.88 Å². The minimum Gasteiger partial charge on any atom is -0.303 e. The Morgan fingerprint density at radius 2 is 2.18 bits per heavy atom. The van der Waals surface area contributed by atoms with Gasteiger partial charge in [-0.3, -0.25) is 4.79 Å². The lowest BCUT2D eigenvalue weighted by molar-refractivity contribution is -0.116. The first-order valence-electron chi connectivity index (χ1n) is 6.39. The van der Waals surface area contributed by atoms with Gasteiger partial charge >= 0.3 is 0 Å². The molecule has 1 aromatic heterocycles. The number of nitrogens with zero attached hydrogens (tertiary/aromatic N) is 2. The summed E-state index contributed by atoms with van der Waals surface area (Å²) >= 11 is 1.69. The first-order valence-corrected chi connectivity index (χ1v) is 7.21. The van der Waals surface area contributed by atoms with Crippen LogP contribution in [-0.2, 0) is 17.6 Å². The van der Waals surface area contributed by atoms with E-state index in [1.807, 2.05) is 6.20 Å². The third-order valence-corrected chi connectivity index (χ3v) is 4.17. The van der Waals surface area contributed by atoms with Gasteiger partial charge in [0.05, 0.1) is 5.01 Å². The van der Waals surface area contributed by atoms with Crippen molar-refractivity contribution >= 4 is 17.1 Å². The Kier molecular flexibility index (Phi) is 4.68. The summed E-state index contributed by atoms with van der Waals surface area (Å²) in [5.74, 6) is 0.219. The van der Waals surface area contributed by atoms with Crippen molar-refractivity contribution in [1.29, 1.82) is 0 Å². The Morgan fingerprint density at radius 1 is 1.41 bits per heavy atom. The molecule has 1 fully saturated rings. The van der Waals surface area contributed by atoms with Gasteiger partial charge in [0.1, 0.15) is 5.78 Å². The minimum atomic E-state index is 0.219. The molecule has 17 heavy (non-hydrogen) atoms. The van der Waals surface area contributed by atoms with Gasteiger partial charge in [0, 0.05) is 30.5 Å². The molecule has 94 valence electrons. The predicted octanol–water partition coefficient (Wildman–Crippen LogP) is 2.30. The molecule has 0 radical (unpaired) electrons. The summed E-state index contributed by atoms with van der Waals surface area (Å²) in [6.07, 6.45) is 7.50. The number of ketones is 1. The van der Waals surface area contributed by atoms with E-state index in [1.165, 1.54) is 37.4 Å². The molecule has 1 saturated heterocycles. The van der Waals surface area contributed by atoms with Gasteiger partial charge < -0.3 is 4.90 Å². The van der Waals surface area contributed by atoms with Crippen molar-refractivity contribution in [2.24, 2.45) is 0 Å². The van der Waals surface area contributed by atoms with E-state index in [-0.39, 0.29) is 5.78 Å². The van der Waals surface area contributed by atoms with Gasteiger partial charge in [-0.2, -0.15) is 0 Å². The maximum absolute atomic E-state index is 11.0. The minimum absolute atomic E-state index is 0.219. The van der Waals surface area contributed by atoms with Crippen LogP contribution in [-0.4, -0.2) is 35.3 Å². The highest BCUT2D eigenvalue weighted by Crippen LogP contribution is 2.16. The number of rotatable bonds is 5. The van der Waals surface area contributed by atoms with Crippen LogP contribution in [0.15, 0.2) is 6.20 Å². The van der Waals surface area contributed by atoms with Crippen LogP contribution in [0.5, 0.6) is 0 Å². The predicted molar refractivity (Wildman–Crippen MR) is 70.5 cm³/mol. The Labute approximate surface area is 107 Å². The van der Waals surface area contributed by atoms with E-state index < -0.39 is 0 Å². The summed E-state index contributed by atoms with van der Waals surface area (Å²) in [6, 6.07) is 0. The van der Waals surface area contributed by atoms with Gasteiger partial charge in [-0.25, -0.2) is 4.98 Å². The monoisotopic (exact) mass is 252 g/mol. The number of piperidine rings is 1. The van der Waals surface area contributed by atoms with E-state index in [9.17, 15) is 4.79 Å². The average Bonchev–Trinajstić information content (AvgIpc) is 2.75. The smallest absolute Gasteiger partial charge is 0.135 e. The fraction of sp³-hybridized carbons (Fsp3) is 0.692. The molecule has 1 aliphatic heterocycles.